The van der Waals surface area contributed by atoms with Gasteiger partial charge in [0.15, 0.2) is 0 Å². The summed E-state index contributed by atoms with van der Waals surface area (Å²) < 4.78 is 3.74. The molecule has 3 aromatic rings. The lowest BCUT2D eigenvalue weighted by atomic mass is 9.86. The summed E-state index contributed by atoms with van der Waals surface area (Å²) in [5.74, 6) is -0.0495. The summed E-state index contributed by atoms with van der Waals surface area (Å²) in [6, 6.07) is 20.4. The van der Waals surface area contributed by atoms with Gasteiger partial charge in [-0.05, 0) is 29.6 Å². The summed E-state index contributed by atoms with van der Waals surface area (Å²) in [5.41, 5.74) is 2.35. The van der Waals surface area contributed by atoms with Crippen molar-refractivity contribution in [1.29, 1.82) is 0 Å². The third-order valence-electron chi connectivity index (χ3n) is 3.76. The Balaban J connectivity index is 1.88. The Hall–Kier alpha value is -2.53. The molecule has 1 aromatic heterocycles. The van der Waals surface area contributed by atoms with Gasteiger partial charge in [-0.25, -0.2) is 0 Å². The monoisotopic (exact) mass is 323 g/mol. The molecule has 0 radical (unpaired) electrons. The van der Waals surface area contributed by atoms with Gasteiger partial charge in [0.2, 0.25) is 0 Å². The highest BCUT2D eigenvalue weighted by molar-refractivity contribution is 7.07. The highest BCUT2D eigenvalue weighted by Crippen LogP contribution is 2.28. The Bertz CT molecular complexity index is 705. The maximum Gasteiger partial charge on any atom is 0.264 e. The number of benzene rings is 2. The number of carbonyl (C=O) groups excluding carboxylic acids is 1. The molecule has 1 heterocycles. The van der Waals surface area contributed by atoms with Gasteiger partial charge in [0.1, 0.15) is 4.88 Å². The number of nitrogens with one attached hydrogen (secondary N) is 1. The van der Waals surface area contributed by atoms with E-state index in [2.05, 4.69) is 39.2 Å². The van der Waals surface area contributed by atoms with Crippen LogP contribution in [0.25, 0.3) is 0 Å². The Labute approximate surface area is 139 Å². The van der Waals surface area contributed by atoms with Gasteiger partial charge in [-0.3, -0.25) is 4.79 Å². The number of nitrogens with zero attached hydrogens (tertiary/aromatic N) is 2. The minimum atomic E-state index is -0.135. The number of amides is 1. The van der Waals surface area contributed by atoms with Gasteiger partial charge in [0.25, 0.3) is 5.91 Å². The van der Waals surface area contributed by atoms with E-state index in [1.807, 2.05) is 43.3 Å². The molecule has 0 fully saturated rings. The summed E-state index contributed by atoms with van der Waals surface area (Å²) in [5, 5.41) is 6.79. The van der Waals surface area contributed by atoms with Crippen molar-refractivity contribution >= 4 is 17.4 Å². The summed E-state index contributed by atoms with van der Waals surface area (Å²) in [6.45, 7) is 2.02. The summed E-state index contributed by atoms with van der Waals surface area (Å²) in [4.78, 5) is 12.8. The van der Waals surface area contributed by atoms with Crippen molar-refractivity contribution in [2.75, 3.05) is 0 Å². The first-order valence-corrected chi connectivity index (χ1v) is 8.21. The second kappa shape index (κ2) is 7.15. The molecule has 0 saturated carbocycles. The standard InChI is InChI=1S/C18H17N3OS/c1-13(20-18(22)16-12-19-21-23-16)17(14-8-4-2-5-9-14)15-10-6-3-7-11-15/h2-13,17H,1H3,(H,20,22). The lowest BCUT2D eigenvalue weighted by Crippen LogP contribution is -2.37. The van der Waals surface area contributed by atoms with Crippen molar-refractivity contribution < 1.29 is 4.79 Å². The second-order valence-corrected chi connectivity index (χ2v) is 6.13. The van der Waals surface area contributed by atoms with E-state index >= 15 is 0 Å². The molecule has 1 N–H and O–H groups in total. The van der Waals surface area contributed by atoms with Crippen LogP contribution in [0.2, 0.25) is 0 Å². The maximum absolute atomic E-state index is 12.3. The fraction of sp³-hybridized carbons (Fsp3) is 0.167. The highest BCUT2D eigenvalue weighted by Gasteiger charge is 2.23. The predicted molar refractivity (Wildman–Crippen MR) is 91.6 cm³/mol. The Morgan fingerprint density at radius 1 is 1.00 bits per heavy atom. The topological polar surface area (TPSA) is 54.9 Å². The first kappa shape index (κ1) is 15.4. The number of rotatable bonds is 5. The third-order valence-corrected chi connectivity index (χ3v) is 4.42. The third kappa shape index (κ3) is 3.63. The van der Waals surface area contributed by atoms with Crippen molar-refractivity contribution in [3.63, 3.8) is 0 Å². The lowest BCUT2D eigenvalue weighted by molar-refractivity contribution is 0.0941. The van der Waals surface area contributed by atoms with E-state index in [0.717, 1.165) is 11.5 Å². The van der Waals surface area contributed by atoms with Crippen LogP contribution in [-0.2, 0) is 0 Å². The first-order valence-electron chi connectivity index (χ1n) is 7.44. The fourth-order valence-electron chi connectivity index (χ4n) is 2.72. The predicted octanol–water partition coefficient (Wildman–Crippen LogP) is 3.49. The van der Waals surface area contributed by atoms with E-state index in [1.165, 1.54) is 17.3 Å². The molecule has 1 atom stereocenters. The van der Waals surface area contributed by atoms with Crippen molar-refractivity contribution in [3.05, 3.63) is 82.9 Å². The zero-order valence-corrected chi connectivity index (χ0v) is 13.5. The molecular formula is C18H17N3OS. The van der Waals surface area contributed by atoms with Crippen molar-refractivity contribution in [2.45, 2.75) is 18.9 Å². The molecule has 1 unspecified atom stereocenters. The molecular weight excluding hydrogens is 306 g/mol. The van der Waals surface area contributed by atoms with E-state index in [9.17, 15) is 4.79 Å². The zero-order chi connectivity index (χ0) is 16.1. The maximum atomic E-state index is 12.3. The van der Waals surface area contributed by atoms with Crippen LogP contribution in [0, 0.1) is 0 Å². The average molecular weight is 323 g/mol. The molecule has 0 spiro atoms. The van der Waals surface area contributed by atoms with Crippen molar-refractivity contribution in [3.8, 4) is 0 Å². The first-order chi connectivity index (χ1) is 11.3. The van der Waals surface area contributed by atoms with Crippen LogP contribution in [0.5, 0.6) is 0 Å². The van der Waals surface area contributed by atoms with Gasteiger partial charge in [-0.15, -0.1) is 5.10 Å². The Morgan fingerprint density at radius 2 is 1.57 bits per heavy atom. The summed E-state index contributed by atoms with van der Waals surface area (Å²) >= 11 is 1.10. The molecule has 23 heavy (non-hydrogen) atoms. The minimum Gasteiger partial charge on any atom is -0.348 e. The van der Waals surface area contributed by atoms with Crippen LogP contribution >= 0.6 is 11.5 Å². The molecule has 5 heteroatoms. The van der Waals surface area contributed by atoms with Gasteiger partial charge in [0.05, 0.1) is 6.20 Å². The molecule has 1 amide bonds. The van der Waals surface area contributed by atoms with Crippen LogP contribution in [0.1, 0.15) is 33.6 Å². The van der Waals surface area contributed by atoms with E-state index < -0.39 is 0 Å². The van der Waals surface area contributed by atoms with Crippen molar-refractivity contribution in [1.82, 2.24) is 14.9 Å². The highest BCUT2D eigenvalue weighted by atomic mass is 32.1. The molecule has 2 aromatic carbocycles. The van der Waals surface area contributed by atoms with E-state index in [4.69, 9.17) is 0 Å². The van der Waals surface area contributed by atoms with Crippen LogP contribution in [0.4, 0.5) is 0 Å². The lowest BCUT2D eigenvalue weighted by Gasteiger charge is -2.26. The smallest absolute Gasteiger partial charge is 0.264 e. The number of hydrogen-bond donors (Lipinski definition) is 1. The SMILES string of the molecule is CC(NC(=O)c1cnns1)C(c1ccccc1)c1ccccc1. The van der Waals surface area contributed by atoms with E-state index in [1.54, 1.807) is 0 Å². The van der Waals surface area contributed by atoms with Gasteiger partial charge in [0, 0.05) is 12.0 Å². The van der Waals surface area contributed by atoms with Gasteiger partial charge in [-0.1, -0.05) is 65.2 Å². The van der Waals surface area contributed by atoms with Crippen LogP contribution in [0.3, 0.4) is 0 Å². The largest absolute Gasteiger partial charge is 0.348 e. The summed E-state index contributed by atoms with van der Waals surface area (Å²) in [6.07, 6.45) is 1.49. The molecule has 0 saturated heterocycles. The molecule has 0 aliphatic rings. The summed E-state index contributed by atoms with van der Waals surface area (Å²) in [7, 11) is 0. The van der Waals surface area contributed by atoms with Gasteiger partial charge < -0.3 is 5.32 Å². The van der Waals surface area contributed by atoms with E-state index in [0.29, 0.717) is 4.88 Å². The average Bonchev–Trinajstić information content (AvgIpc) is 3.12. The number of aromatic nitrogens is 2. The van der Waals surface area contributed by atoms with Crippen LogP contribution in [0.15, 0.2) is 66.9 Å². The fourth-order valence-corrected chi connectivity index (χ4v) is 3.14. The normalized spacial score (nSPS) is 12.1. The number of hydrogen-bond acceptors (Lipinski definition) is 4. The Morgan fingerprint density at radius 3 is 2.04 bits per heavy atom. The molecule has 3 rings (SSSR count). The zero-order valence-electron chi connectivity index (χ0n) is 12.7. The second-order valence-electron chi connectivity index (χ2n) is 5.34. The molecule has 4 nitrogen and oxygen atoms in total. The quantitative estimate of drug-likeness (QED) is 0.782. The van der Waals surface area contributed by atoms with Crippen LogP contribution < -0.4 is 5.32 Å². The number of carbonyl (C=O) groups is 1. The Kier molecular flexibility index (Phi) is 4.78. The van der Waals surface area contributed by atoms with Gasteiger partial charge in [-0.2, -0.15) is 0 Å². The van der Waals surface area contributed by atoms with E-state index in [-0.39, 0.29) is 17.9 Å². The minimum absolute atomic E-state index is 0.0607. The van der Waals surface area contributed by atoms with Crippen molar-refractivity contribution in [2.24, 2.45) is 0 Å². The van der Waals surface area contributed by atoms with Crippen LogP contribution in [-0.4, -0.2) is 21.5 Å². The molecule has 0 aliphatic carbocycles. The van der Waals surface area contributed by atoms with Gasteiger partial charge >= 0.3 is 0 Å². The molecule has 0 aliphatic heterocycles. The molecule has 0 bridgehead atoms. The molecule has 116 valence electrons.